The molecule has 1 aliphatic rings. The summed E-state index contributed by atoms with van der Waals surface area (Å²) in [7, 11) is 2.15. The van der Waals surface area contributed by atoms with Crippen LogP contribution in [0.5, 0.6) is 0 Å². The van der Waals surface area contributed by atoms with Crippen LogP contribution in [-0.2, 0) is 0 Å². The van der Waals surface area contributed by atoms with Gasteiger partial charge in [-0.1, -0.05) is 0 Å². The molecule has 1 aromatic heterocycles. The number of rotatable bonds is 8. The van der Waals surface area contributed by atoms with Crippen molar-refractivity contribution in [1.29, 1.82) is 0 Å². The van der Waals surface area contributed by atoms with Crippen LogP contribution in [-0.4, -0.2) is 41.0 Å². The first kappa shape index (κ1) is 15.0. The van der Waals surface area contributed by atoms with E-state index in [1.807, 2.05) is 6.07 Å². The molecule has 1 heterocycles. The third kappa shape index (κ3) is 4.31. The zero-order valence-corrected chi connectivity index (χ0v) is 12.7. The molecule has 0 saturated heterocycles. The summed E-state index contributed by atoms with van der Waals surface area (Å²) in [6, 6.07) is 2.45. The SMILES string of the molecule is CC(C)N(C)CCCNc1cc(NN)nc(C2CC2)n1. The highest BCUT2D eigenvalue weighted by molar-refractivity contribution is 5.47. The Kier molecular flexibility index (Phi) is 5.14. The number of hydrogen-bond acceptors (Lipinski definition) is 6. The van der Waals surface area contributed by atoms with E-state index in [2.05, 4.69) is 46.5 Å². The first-order valence-corrected chi connectivity index (χ1v) is 7.40. The van der Waals surface area contributed by atoms with E-state index < -0.39 is 0 Å². The van der Waals surface area contributed by atoms with Crippen LogP contribution in [0.3, 0.4) is 0 Å². The normalized spacial score (nSPS) is 14.9. The van der Waals surface area contributed by atoms with Crippen molar-refractivity contribution in [2.75, 3.05) is 30.9 Å². The van der Waals surface area contributed by atoms with Gasteiger partial charge in [0.15, 0.2) is 0 Å². The molecular weight excluding hydrogens is 252 g/mol. The van der Waals surface area contributed by atoms with E-state index in [1.54, 1.807) is 0 Å². The Morgan fingerprint density at radius 3 is 2.65 bits per heavy atom. The van der Waals surface area contributed by atoms with E-state index in [0.29, 0.717) is 17.8 Å². The van der Waals surface area contributed by atoms with Crippen molar-refractivity contribution in [3.8, 4) is 0 Å². The van der Waals surface area contributed by atoms with E-state index >= 15 is 0 Å². The van der Waals surface area contributed by atoms with Crippen molar-refractivity contribution >= 4 is 11.6 Å². The van der Waals surface area contributed by atoms with Crippen LogP contribution in [0, 0.1) is 0 Å². The summed E-state index contributed by atoms with van der Waals surface area (Å²) >= 11 is 0. The molecule has 1 saturated carbocycles. The predicted molar refractivity (Wildman–Crippen MR) is 82.7 cm³/mol. The van der Waals surface area contributed by atoms with E-state index in [1.165, 1.54) is 12.8 Å². The van der Waals surface area contributed by atoms with Crippen LogP contribution in [0.4, 0.5) is 11.6 Å². The Hall–Kier alpha value is -1.40. The molecule has 0 aliphatic heterocycles. The first-order chi connectivity index (χ1) is 9.60. The average Bonchev–Trinajstić information content (AvgIpc) is 3.27. The quantitative estimate of drug-likeness (QED) is 0.382. The number of nitrogens with one attached hydrogen (secondary N) is 2. The molecule has 0 unspecified atom stereocenters. The summed E-state index contributed by atoms with van der Waals surface area (Å²) in [5.74, 6) is 8.44. The highest BCUT2D eigenvalue weighted by Crippen LogP contribution is 2.38. The van der Waals surface area contributed by atoms with Crippen molar-refractivity contribution < 1.29 is 0 Å². The zero-order chi connectivity index (χ0) is 14.5. The van der Waals surface area contributed by atoms with Crippen molar-refractivity contribution in [1.82, 2.24) is 14.9 Å². The lowest BCUT2D eigenvalue weighted by molar-refractivity contribution is 0.273. The van der Waals surface area contributed by atoms with E-state index in [4.69, 9.17) is 5.84 Å². The second-order valence-corrected chi connectivity index (χ2v) is 5.77. The van der Waals surface area contributed by atoms with E-state index in [0.717, 1.165) is 31.2 Å². The number of hydrogen-bond donors (Lipinski definition) is 3. The first-order valence-electron chi connectivity index (χ1n) is 7.40. The van der Waals surface area contributed by atoms with Crippen LogP contribution in [0.2, 0.25) is 0 Å². The highest BCUT2D eigenvalue weighted by atomic mass is 15.3. The minimum absolute atomic E-state index is 0.524. The van der Waals surface area contributed by atoms with Gasteiger partial charge in [-0.3, -0.25) is 0 Å². The molecule has 1 fully saturated rings. The number of nitrogen functional groups attached to an aromatic ring is 1. The molecule has 6 nitrogen and oxygen atoms in total. The summed E-state index contributed by atoms with van der Waals surface area (Å²) in [6.07, 6.45) is 3.46. The fourth-order valence-electron chi connectivity index (χ4n) is 1.96. The Bertz CT molecular complexity index is 430. The fraction of sp³-hybridized carbons (Fsp3) is 0.714. The van der Waals surface area contributed by atoms with Gasteiger partial charge in [-0.2, -0.15) is 0 Å². The fourth-order valence-corrected chi connectivity index (χ4v) is 1.96. The number of nitrogens with two attached hydrogens (primary N) is 1. The number of aromatic nitrogens is 2. The molecule has 0 atom stereocenters. The molecule has 0 aromatic carbocycles. The van der Waals surface area contributed by atoms with Crippen molar-refractivity contribution in [2.24, 2.45) is 5.84 Å². The molecule has 4 N–H and O–H groups in total. The maximum absolute atomic E-state index is 5.46. The highest BCUT2D eigenvalue weighted by Gasteiger charge is 2.27. The second kappa shape index (κ2) is 6.85. The molecule has 0 bridgehead atoms. The monoisotopic (exact) mass is 278 g/mol. The van der Waals surface area contributed by atoms with Crippen LogP contribution in [0.1, 0.15) is 44.9 Å². The summed E-state index contributed by atoms with van der Waals surface area (Å²) < 4.78 is 0. The van der Waals surface area contributed by atoms with Gasteiger partial charge in [-0.15, -0.1) is 0 Å². The molecule has 0 spiro atoms. The minimum Gasteiger partial charge on any atom is -0.370 e. The zero-order valence-electron chi connectivity index (χ0n) is 12.7. The Labute approximate surface area is 121 Å². The van der Waals surface area contributed by atoms with Gasteiger partial charge in [0, 0.05) is 24.6 Å². The molecule has 1 aromatic rings. The second-order valence-electron chi connectivity index (χ2n) is 5.77. The molecule has 6 heteroatoms. The predicted octanol–water partition coefficient (Wildman–Crippen LogP) is 1.78. The maximum Gasteiger partial charge on any atom is 0.145 e. The number of anilines is 2. The van der Waals surface area contributed by atoms with Gasteiger partial charge in [-0.05, 0) is 46.7 Å². The van der Waals surface area contributed by atoms with Gasteiger partial charge in [0.25, 0.3) is 0 Å². The molecule has 0 radical (unpaired) electrons. The standard InChI is InChI=1S/C14H26N6/c1-10(2)20(3)8-4-7-16-12-9-13(19-15)18-14(17-12)11-5-6-11/h9-11H,4-8,15H2,1-3H3,(H2,16,17,18,19). The third-order valence-electron chi connectivity index (χ3n) is 3.71. The van der Waals surface area contributed by atoms with Crippen LogP contribution >= 0.6 is 0 Å². The van der Waals surface area contributed by atoms with Gasteiger partial charge in [0.2, 0.25) is 0 Å². The lowest BCUT2D eigenvalue weighted by Gasteiger charge is -2.20. The summed E-state index contributed by atoms with van der Waals surface area (Å²) in [4.78, 5) is 11.3. The molecule has 0 amide bonds. The molecule has 20 heavy (non-hydrogen) atoms. The van der Waals surface area contributed by atoms with Crippen molar-refractivity contribution in [3.63, 3.8) is 0 Å². The Balaban J connectivity index is 1.84. The molecular formula is C14H26N6. The topological polar surface area (TPSA) is 79.1 Å². The largest absolute Gasteiger partial charge is 0.370 e. The molecule has 2 rings (SSSR count). The summed E-state index contributed by atoms with van der Waals surface area (Å²) in [5.41, 5.74) is 2.61. The van der Waals surface area contributed by atoms with Crippen molar-refractivity contribution in [2.45, 2.75) is 45.1 Å². The summed E-state index contributed by atoms with van der Waals surface area (Å²) in [5, 5.41) is 3.36. The third-order valence-corrected chi connectivity index (χ3v) is 3.71. The maximum atomic E-state index is 5.46. The Morgan fingerprint density at radius 2 is 2.05 bits per heavy atom. The smallest absolute Gasteiger partial charge is 0.145 e. The van der Waals surface area contributed by atoms with Crippen LogP contribution in [0.25, 0.3) is 0 Å². The van der Waals surface area contributed by atoms with Crippen LogP contribution < -0.4 is 16.6 Å². The van der Waals surface area contributed by atoms with Gasteiger partial charge < -0.3 is 15.6 Å². The van der Waals surface area contributed by atoms with Gasteiger partial charge in [0.05, 0.1) is 0 Å². The lowest BCUT2D eigenvalue weighted by atomic mass is 10.3. The minimum atomic E-state index is 0.524. The van der Waals surface area contributed by atoms with Crippen molar-refractivity contribution in [3.05, 3.63) is 11.9 Å². The Morgan fingerprint density at radius 1 is 1.35 bits per heavy atom. The lowest BCUT2D eigenvalue weighted by Crippen LogP contribution is -2.28. The van der Waals surface area contributed by atoms with Gasteiger partial charge in [0.1, 0.15) is 17.5 Å². The number of nitrogens with zero attached hydrogens (tertiary/aromatic N) is 3. The van der Waals surface area contributed by atoms with Crippen LogP contribution in [0.15, 0.2) is 6.07 Å². The summed E-state index contributed by atoms with van der Waals surface area (Å²) in [6.45, 7) is 6.40. The molecule has 112 valence electrons. The average molecular weight is 278 g/mol. The van der Waals surface area contributed by atoms with E-state index in [9.17, 15) is 0 Å². The number of hydrazine groups is 1. The molecule has 1 aliphatic carbocycles. The van der Waals surface area contributed by atoms with Gasteiger partial charge in [-0.25, -0.2) is 15.8 Å². The van der Waals surface area contributed by atoms with Gasteiger partial charge >= 0.3 is 0 Å². The van der Waals surface area contributed by atoms with E-state index in [-0.39, 0.29) is 0 Å².